The van der Waals surface area contributed by atoms with Crippen LogP contribution in [0.1, 0.15) is 17.0 Å². The van der Waals surface area contributed by atoms with Crippen LogP contribution in [0.3, 0.4) is 0 Å². The van der Waals surface area contributed by atoms with Crippen LogP contribution in [0.2, 0.25) is 0 Å². The Kier molecular flexibility index (Phi) is 6.48. The number of hydrogen-bond acceptors (Lipinski definition) is 4. The van der Waals surface area contributed by atoms with Crippen LogP contribution in [-0.2, 0) is 17.8 Å². The standard InChI is InChI=1S/C25H24N4OS/c1-3-15-29-23(16-20-9-6-8-19-7-4-5-10-22(19)20)27-28-25(29)31-17-24(30)26-21-13-11-18(2)12-14-21/h3-14H,1,15-17H2,2H3,(H,26,30). The van der Waals surface area contributed by atoms with Crippen molar-refractivity contribution < 1.29 is 4.79 Å². The third kappa shape index (κ3) is 5.03. The maximum Gasteiger partial charge on any atom is 0.234 e. The number of carbonyl (C=O) groups excluding carboxylic acids is 1. The molecule has 0 atom stereocenters. The maximum absolute atomic E-state index is 12.4. The largest absolute Gasteiger partial charge is 0.325 e. The number of fused-ring (bicyclic) bond motifs is 1. The van der Waals surface area contributed by atoms with E-state index in [1.165, 1.54) is 28.1 Å². The molecular weight excluding hydrogens is 404 g/mol. The van der Waals surface area contributed by atoms with Crippen molar-refractivity contribution >= 4 is 34.1 Å². The molecule has 0 radical (unpaired) electrons. The van der Waals surface area contributed by atoms with Crippen molar-refractivity contribution in [3.05, 3.63) is 96.3 Å². The van der Waals surface area contributed by atoms with E-state index in [4.69, 9.17) is 0 Å². The number of allylic oxidation sites excluding steroid dienone is 1. The zero-order chi connectivity index (χ0) is 21.6. The molecule has 0 aliphatic rings. The van der Waals surface area contributed by atoms with Crippen LogP contribution >= 0.6 is 11.8 Å². The van der Waals surface area contributed by atoms with E-state index in [0.29, 0.717) is 18.1 Å². The Morgan fingerprint density at radius 2 is 1.84 bits per heavy atom. The van der Waals surface area contributed by atoms with Gasteiger partial charge in [-0.1, -0.05) is 78.0 Å². The van der Waals surface area contributed by atoms with E-state index < -0.39 is 0 Å². The molecule has 156 valence electrons. The van der Waals surface area contributed by atoms with E-state index in [1.807, 2.05) is 54.0 Å². The van der Waals surface area contributed by atoms with Gasteiger partial charge in [0.25, 0.3) is 0 Å². The SMILES string of the molecule is C=CCn1c(Cc2cccc3ccccc23)nnc1SCC(=O)Nc1ccc(C)cc1. The van der Waals surface area contributed by atoms with Crippen molar-refractivity contribution in [2.45, 2.75) is 25.0 Å². The molecule has 0 saturated carbocycles. The predicted molar refractivity (Wildman–Crippen MR) is 128 cm³/mol. The lowest BCUT2D eigenvalue weighted by Crippen LogP contribution is -2.14. The van der Waals surface area contributed by atoms with Crippen molar-refractivity contribution in [3.8, 4) is 0 Å². The van der Waals surface area contributed by atoms with Gasteiger partial charge in [0.05, 0.1) is 5.75 Å². The van der Waals surface area contributed by atoms with E-state index in [-0.39, 0.29) is 11.7 Å². The molecule has 4 rings (SSSR count). The summed E-state index contributed by atoms with van der Waals surface area (Å²) in [7, 11) is 0. The van der Waals surface area contributed by atoms with Crippen LogP contribution in [0.4, 0.5) is 5.69 Å². The third-order valence-electron chi connectivity index (χ3n) is 5.00. The first-order valence-corrected chi connectivity index (χ1v) is 11.1. The Hall–Kier alpha value is -3.38. The first-order valence-electron chi connectivity index (χ1n) is 10.1. The molecule has 0 saturated heterocycles. The lowest BCUT2D eigenvalue weighted by Gasteiger charge is -2.10. The molecule has 1 heterocycles. The fraction of sp³-hybridized carbons (Fsp3) is 0.160. The third-order valence-corrected chi connectivity index (χ3v) is 5.97. The van der Waals surface area contributed by atoms with Gasteiger partial charge in [-0.15, -0.1) is 16.8 Å². The summed E-state index contributed by atoms with van der Waals surface area (Å²) in [6.45, 7) is 6.48. The molecular formula is C25H24N4OS. The normalized spacial score (nSPS) is 10.9. The lowest BCUT2D eigenvalue weighted by atomic mass is 10.0. The van der Waals surface area contributed by atoms with Crippen molar-refractivity contribution in [1.29, 1.82) is 0 Å². The summed E-state index contributed by atoms with van der Waals surface area (Å²) in [5, 5.41) is 14.8. The van der Waals surface area contributed by atoms with Crippen LogP contribution in [0.15, 0.2) is 84.5 Å². The summed E-state index contributed by atoms with van der Waals surface area (Å²) < 4.78 is 2.03. The summed E-state index contributed by atoms with van der Waals surface area (Å²) in [6, 6.07) is 22.4. The Bertz CT molecular complexity index is 1210. The van der Waals surface area contributed by atoms with Gasteiger partial charge in [-0.3, -0.25) is 4.79 Å². The Morgan fingerprint density at radius 1 is 1.06 bits per heavy atom. The van der Waals surface area contributed by atoms with Crippen LogP contribution in [-0.4, -0.2) is 26.4 Å². The monoisotopic (exact) mass is 428 g/mol. The number of benzene rings is 3. The molecule has 31 heavy (non-hydrogen) atoms. The van der Waals surface area contributed by atoms with E-state index in [0.717, 1.165) is 17.1 Å². The van der Waals surface area contributed by atoms with Gasteiger partial charge in [0, 0.05) is 18.7 Å². The van der Waals surface area contributed by atoms with Gasteiger partial charge in [-0.25, -0.2) is 0 Å². The Balaban J connectivity index is 1.48. The smallest absolute Gasteiger partial charge is 0.234 e. The Morgan fingerprint density at radius 3 is 2.65 bits per heavy atom. The maximum atomic E-state index is 12.4. The number of rotatable bonds is 8. The molecule has 1 aromatic heterocycles. The summed E-state index contributed by atoms with van der Waals surface area (Å²) in [4.78, 5) is 12.4. The van der Waals surface area contributed by atoms with Crippen molar-refractivity contribution in [3.63, 3.8) is 0 Å². The van der Waals surface area contributed by atoms with E-state index in [1.54, 1.807) is 0 Å². The fourth-order valence-corrected chi connectivity index (χ4v) is 4.22. The number of thioether (sulfide) groups is 1. The molecule has 4 aromatic rings. The van der Waals surface area contributed by atoms with Crippen LogP contribution in [0.25, 0.3) is 10.8 Å². The van der Waals surface area contributed by atoms with Gasteiger partial charge >= 0.3 is 0 Å². The molecule has 1 amide bonds. The minimum atomic E-state index is -0.0717. The molecule has 5 nitrogen and oxygen atoms in total. The number of hydrogen-bond donors (Lipinski definition) is 1. The molecule has 0 bridgehead atoms. The average Bonchev–Trinajstić information content (AvgIpc) is 3.16. The zero-order valence-corrected chi connectivity index (χ0v) is 18.2. The molecule has 0 unspecified atom stereocenters. The summed E-state index contributed by atoms with van der Waals surface area (Å²) >= 11 is 1.38. The fourth-order valence-electron chi connectivity index (χ4n) is 3.45. The molecule has 3 aromatic carbocycles. The zero-order valence-electron chi connectivity index (χ0n) is 17.4. The first-order chi connectivity index (χ1) is 15.1. The van der Waals surface area contributed by atoms with Crippen molar-refractivity contribution in [2.24, 2.45) is 0 Å². The number of anilines is 1. The quantitative estimate of drug-likeness (QED) is 0.308. The topological polar surface area (TPSA) is 59.8 Å². The number of amides is 1. The second-order valence-corrected chi connectivity index (χ2v) is 8.26. The number of nitrogens with one attached hydrogen (secondary N) is 1. The molecule has 0 aliphatic heterocycles. The lowest BCUT2D eigenvalue weighted by molar-refractivity contribution is -0.113. The number of aromatic nitrogens is 3. The molecule has 0 spiro atoms. The van der Waals surface area contributed by atoms with Gasteiger partial charge in [0.1, 0.15) is 5.82 Å². The van der Waals surface area contributed by atoms with Crippen LogP contribution in [0.5, 0.6) is 0 Å². The average molecular weight is 429 g/mol. The van der Waals surface area contributed by atoms with Gasteiger partial charge < -0.3 is 9.88 Å². The van der Waals surface area contributed by atoms with Gasteiger partial charge in [-0.05, 0) is 35.4 Å². The number of nitrogens with zero attached hydrogens (tertiary/aromatic N) is 3. The summed E-state index contributed by atoms with van der Waals surface area (Å²) in [5.74, 6) is 1.05. The van der Waals surface area contributed by atoms with E-state index in [9.17, 15) is 4.79 Å². The molecule has 0 aliphatic carbocycles. The minimum Gasteiger partial charge on any atom is -0.325 e. The number of aryl methyl sites for hydroxylation is 1. The second kappa shape index (κ2) is 9.62. The highest BCUT2D eigenvalue weighted by Crippen LogP contribution is 2.23. The van der Waals surface area contributed by atoms with E-state index >= 15 is 0 Å². The summed E-state index contributed by atoms with van der Waals surface area (Å²) in [5.41, 5.74) is 3.15. The first kappa shape index (κ1) is 20.9. The van der Waals surface area contributed by atoms with Crippen LogP contribution < -0.4 is 5.32 Å². The highest BCUT2D eigenvalue weighted by molar-refractivity contribution is 7.99. The van der Waals surface area contributed by atoms with E-state index in [2.05, 4.69) is 52.4 Å². The molecule has 6 heteroatoms. The van der Waals surface area contributed by atoms with Crippen molar-refractivity contribution in [1.82, 2.24) is 14.8 Å². The second-order valence-electron chi connectivity index (χ2n) is 7.32. The minimum absolute atomic E-state index is 0.0717. The van der Waals surface area contributed by atoms with Gasteiger partial charge in [-0.2, -0.15) is 0 Å². The number of carbonyl (C=O) groups is 1. The molecule has 0 fully saturated rings. The predicted octanol–water partition coefficient (Wildman–Crippen LogP) is 5.25. The summed E-state index contributed by atoms with van der Waals surface area (Å²) in [6.07, 6.45) is 2.49. The van der Waals surface area contributed by atoms with Gasteiger partial charge in [0.15, 0.2) is 5.16 Å². The van der Waals surface area contributed by atoms with Crippen molar-refractivity contribution in [2.75, 3.05) is 11.1 Å². The molecule has 1 N–H and O–H groups in total. The van der Waals surface area contributed by atoms with Crippen LogP contribution in [0, 0.1) is 6.92 Å². The highest BCUT2D eigenvalue weighted by Gasteiger charge is 2.15. The highest BCUT2D eigenvalue weighted by atomic mass is 32.2. The Labute approximate surface area is 186 Å². The van der Waals surface area contributed by atoms with Gasteiger partial charge in [0.2, 0.25) is 5.91 Å².